The van der Waals surface area contributed by atoms with Gasteiger partial charge in [-0.3, -0.25) is 0 Å². The average Bonchev–Trinajstić information content (AvgIpc) is 2.25. The minimum atomic E-state index is 0.262. The third kappa shape index (κ3) is 9.86. The van der Waals surface area contributed by atoms with E-state index in [4.69, 9.17) is 5.11 Å². The zero-order valence-corrected chi connectivity index (χ0v) is 13.1. The van der Waals surface area contributed by atoms with Gasteiger partial charge in [0.1, 0.15) is 0 Å². The first kappa shape index (κ1) is 17.9. The van der Waals surface area contributed by atoms with Gasteiger partial charge < -0.3 is 15.3 Å². The lowest BCUT2D eigenvalue weighted by Gasteiger charge is -2.33. The third-order valence-electron chi connectivity index (χ3n) is 3.05. The van der Waals surface area contributed by atoms with E-state index in [0.717, 1.165) is 32.7 Å². The minimum absolute atomic E-state index is 0.262. The molecule has 0 saturated heterocycles. The van der Waals surface area contributed by atoms with Crippen molar-refractivity contribution in [2.24, 2.45) is 11.3 Å². The van der Waals surface area contributed by atoms with Crippen LogP contribution in [0, 0.1) is 11.3 Å². The van der Waals surface area contributed by atoms with Crippen LogP contribution in [0.3, 0.4) is 0 Å². The first-order chi connectivity index (χ1) is 8.41. The Bertz CT molecular complexity index is 193. The molecule has 0 aromatic carbocycles. The van der Waals surface area contributed by atoms with Gasteiger partial charge in [0.2, 0.25) is 0 Å². The minimum Gasteiger partial charge on any atom is -0.395 e. The number of aliphatic hydroxyl groups is 1. The Hall–Kier alpha value is -0.120. The normalized spacial score (nSPS) is 12.7. The van der Waals surface area contributed by atoms with Crippen LogP contribution in [0.25, 0.3) is 0 Å². The Morgan fingerprint density at radius 2 is 1.89 bits per heavy atom. The summed E-state index contributed by atoms with van der Waals surface area (Å²) in [6, 6.07) is 0. The fourth-order valence-corrected chi connectivity index (χ4v) is 2.15. The molecule has 0 rings (SSSR count). The summed E-state index contributed by atoms with van der Waals surface area (Å²) in [5.41, 5.74) is 0.262. The van der Waals surface area contributed by atoms with Gasteiger partial charge in [-0.2, -0.15) is 0 Å². The monoisotopic (exact) mass is 258 g/mol. The molecule has 0 aliphatic carbocycles. The van der Waals surface area contributed by atoms with Gasteiger partial charge in [0.15, 0.2) is 0 Å². The lowest BCUT2D eigenvalue weighted by Crippen LogP contribution is -2.42. The fraction of sp³-hybridized carbons (Fsp3) is 1.00. The number of nitrogens with zero attached hydrogens (tertiary/aromatic N) is 1. The summed E-state index contributed by atoms with van der Waals surface area (Å²) >= 11 is 0. The molecular formula is C15H34N2O. The highest BCUT2D eigenvalue weighted by atomic mass is 16.3. The standard InChI is InChI=1S/C15H34N2O/c1-6-7-8-17(9-10-18)13-15(4,5)12-16-11-14(2)3/h14,16,18H,6-13H2,1-5H3. The van der Waals surface area contributed by atoms with E-state index in [-0.39, 0.29) is 12.0 Å². The molecule has 3 heteroatoms. The molecule has 0 spiro atoms. The van der Waals surface area contributed by atoms with Crippen LogP contribution in [0.2, 0.25) is 0 Å². The van der Waals surface area contributed by atoms with Crippen LogP contribution in [-0.4, -0.2) is 49.3 Å². The Morgan fingerprint density at radius 3 is 2.39 bits per heavy atom. The van der Waals surface area contributed by atoms with E-state index in [1.54, 1.807) is 0 Å². The molecule has 0 unspecified atom stereocenters. The van der Waals surface area contributed by atoms with Crippen molar-refractivity contribution in [2.45, 2.75) is 47.5 Å². The number of hydrogen-bond donors (Lipinski definition) is 2. The second-order valence-corrected chi connectivity index (χ2v) is 6.54. The summed E-state index contributed by atoms with van der Waals surface area (Å²) in [6.45, 7) is 16.6. The SMILES string of the molecule is CCCCN(CCO)CC(C)(C)CNCC(C)C. The molecule has 2 N–H and O–H groups in total. The van der Waals surface area contributed by atoms with Gasteiger partial charge in [-0.1, -0.05) is 41.0 Å². The summed E-state index contributed by atoms with van der Waals surface area (Å²) in [4.78, 5) is 2.39. The molecule has 18 heavy (non-hydrogen) atoms. The maximum atomic E-state index is 9.12. The van der Waals surface area contributed by atoms with Crippen LogP contribution in [0.4, 0.5) is 0 Å². The van der Waals surface area contributed by atoms with E-state index in [2.05, 4.69) is 44.8 Å². The van der Waals surface area contributed by atoms with E-state index in [1.165, 1.54) is 12.8 Å². The summed E-state index contributed by atoms with van der Waals surface area (Å²) in [6.07, 6.45) is 2.43. The van der Waals surface area contributed by atoms with Crippen LogP contribution in [0.5, 0.6) is 0 Å². The predicted molar refractivity (Wildman–Crippen MR) is 79.9 cm³/mol. The lowest BCUT2D eigenvalue weighted by molar-refractivity contribution is 0.140. The molecule has 0 aliphatic rings. The molecule has 0 amide bonds. The highest BCUT2D eigenvalue weighted by Gasteiger charge is 2.21. The lowest BCUT2D eigenvalue weighted by atomic mass is 9.92. The van der Waals surface area contributed by atoms with Gasteiger partial charge in [-0.25, -0.2) is 0 Å². The zero-order chi connectivity index (χ0) is 14.0. The maximum absolute atomic E-state index is 9.12. The van der Waals surface area contributed by atoms with Gasteiger partial charge in [0.05, 0.1) is 6.61 Å². The largest absolute Gasteiger partial charge is 0.395 e. The van der Waals surface area contributed by atoms with Crippen molar-refractivity contribution in [1.29, 1.82) is 0 Å². The molecule has 0 bridgehead atoms. The first-order valence-electron chi connectivity index (χ1n) is 7.45. The second kappa shape index (κ2) is 9.76. The van der Waals surface area contributed by atoms with Crippen LogP contribution >= 0.6 is 0 Å². The van der Waals surface area contributed by atoms with Gasteiger partial charge in [0.25, 0.3) is 0 Å². The number of hydrogen-bond acceptors (Lipinski definition) is 3. The smallest absolute Gasteiger partial charge is 0.0558 e. The van der Waals surface area contributed by atoms with Crippen molar-refractivity contribution in [1.82, 2.24) is 10.2 Å². The van der Waals surface area contributed by atoms with Gasteiger partial charge in [-0.15, -0.1) is 0 Å². The summed E-state index contributed by atoms with van der Waals surface area (Å²) in [7, 11) is 0. The third-order valence-corrected chi connectivity index (χ3v) is 3.05. The molecule has 0 atom stereocenters. The van der Waals surface area contributed by atoms with E-state index < -0.39 is 0 Å². The predicted octanol–water partition coefficient (Wildman–Crippen LogP) is 2.35. The van der Waals surface area contributed by atoms with Crippen molar-refractivity contribution < 1.29 is 5.11 Å². The van der Waals surface area contributed by atoms with Crippen molar-refractivity contribution in [3.8, 4) is 0 Å². The molecule has 0 aromatic rings. The molecule has 0 heterocycles. The van der Waals surface area contributed by atoms with E-state index in [9.17, 15) is 0 Å². The molecule has 0 aromatic heterocycles. The summed E-state index contributed by atoms with van der Waals surface area (Å²) in [5.74, 6) is 0.703. The average molecular weight is 258 g/mol. The number of aliphatic hydroxyl groups excluding tert-OH is 1. The Balaban J connectivity index is 4.05. The maximum Gasteiger partial charge on any atom is 0.0558 e. The van der Waals surface area contributed by atoms with Crippen LogP contribution in [0.1, 0.15) is 47.5 Å². The van der Waals surface area contributed by atoms with Crippen LogP contribution in [0.15, 0.2) is 0 Å². The Labute approximate surface area is 114 Å². The summed E-state index contributed by atoms with van der Waals surface area (Å²) < 4.78 is 0. The van der Waals surface area contributed by atoms with Crippen molar-refractivity contribution in [3.05, 3.63) is 0 Å². The van der Waals surface area contributed by atoms with E-state index >= 15 is 0 Å². The van der Waals surface area contributed by atoms with Crippen molar-refractivity contribution >= 4 is 0 Å². The number of rotatable bonds is 11. The van der Waals surface area contributed by atoms with Gasteiger partial charge in [0, 0.05) is 19.6 Å². The highest BCUT2D eigenvalue weighted by Crippen LogP contribution is 2.16. The molecular weight excluding hydrogens is 224 g/mol. The van der Waals surface area contributed by atoms with Crippen LogP contribution in [-0.2, 0) is 0 Å². The summed E-state index contributed by atoms with van der Waals surface area (Å²) in [5, 5.41) is 12.7. The molecule has 0 radical (unpaired) electrons. The quantitative estimate of drug-likeness (QED) is 0.597. The van der Waals surface area contributed by atoms with E-state index in [1.807, 2.05) is 0 Å². The molecule has 0 fully saturated rings. The molecule has 0 aliphatic heterocycles. The fourth-order valence-electron chi connectivity index (χ4n) is 2.15. The second-order valence-electron chi connectivity index (χ2n) is 6.54. The van der Waals surface area contributed by atoms with Gasteiger partial charge in [-0.05, 0) is 30.8 Å². The Kier molecular flexibility index (Phi) is 9.70. The molecule has 3 nitrogen and oxygen atoms in total. The molecule has 0 saturated carbocycles. The van der Waals surface area contributed by atoms with Gasteiger partial charge >= 0.3 is 0 Å². The van der Waals surface area contributed by atoms with Crippen molar-refractivity contribution in [2.75, 3.05) is 39.3 Å². The number of nitrogens with one attached hydrogen (secondary N) is 1. The zero-order valence-electron chi connectivity index (χ0n) is 13.1. The molecule has 110 valence electrons. The van der Waals surface area contributed by atoms with Crippen LogP contribution < -0.4 is 5.32 Å². The highest BCUT2D eigenvalue weighted by molar-refractivity contribution is 4.76. The Morgan fingerprint density at radius 1 is 1.22 bits per heavy atom. The first-order valence-corrected chi connectivity index (χ1v) is 7.45. The van der Waals surface area contributed by atoms with Crippen molar-refractivity contribution in [3.63, 3.8) is 0 Å². The number of unbranched alkanes of at least 4 members (excludes halogenated alkanes) is 1. The topological polar surface area (TPSA) is 35.5 Å². The van der Waals surface area contributed by atoms with E-state index in [0.29, 0.717) is 5.92 Å².